The van der Waals surface area contributed by atoms with E-state index in [1.54, 1.807) is 67.0 Å². The molecule has 0 bridgehead atoms. The monoisotopic (exact) mass is 1400 g/mol. The van der Waals surface area contributed by atoms with Gasteiger partial charge in [-0.1, -0.05) is 70.5 Å². The van der Waals surface area contributed by atoms with Crippen LogP contribution in [0.15, 0.2) is 168 Å². The van der Waals surface area contributed by atoms with Gasteiger partial charge < -0.3 is 53.1 Å². The summed E-state index contributed by atoms with van der Waals surface area (Å²) < 4.78 is 39.0. The van der Waals surface area contributed by atoms with Gasteiger partial charge in [-0.15, -0.1) is 0 Å². The van der Waals surface area contributed by atoms with Crippen molar-refractivity contribution < 1.29 is 81.1 Å². The lowest BCUT2D eigenvalue weighted by atomic mass is 9.96. The molecule has 3 fully saturated rings. The number of piperidine rings is 3. The van der Waals surface area contributed by atoms with Crippen LogP contribution < -0.4 is 19.5 Å². The summed E-state index contributed by atoms with van der Waals surface area (Å²) >= 11 is 3.09. The minimum Gasteiger partial charge on any atom is -0.481 e. The highest BCUT2D eigenvalue weighted by Gasteiger charge is 2.36. The number of carbonyl (C=O) groups excluding carboxylic acids is 8. The predicted octanol–water partition coefficient (Wildman–Crippen LogP) is 15.3. The van der Waals surface area contributed by atoms with Crippen LogP contribution in [-0.2, 0) is 33.4 Å². The fraction of sp³-hybridized carbons (Fsp3) is 0.368. The van der Waals surface area contributed by atoms with Crippen molar-refractivity contribution in [1.82, 2.24) is 20.1 Å². The van der Waals surface area contributed by atoms with Crippen LogP contribution in [0.1, 0.15) is 144 Å². The summed E-state index contributed by atoms with van der Waals surface area (Å²) in [5, 5.41) is 12.2. The van der Waals surface area contributed by atoms with Crippen LogP contribution >= 0.6 is 15.9 Å². The van der Waals surface area contributed by atoms with Gasteiger partial charge in [-0.2, -0.15) is 0 Å². The van der Waals surface area contributed by atoms with Gasteiger partial charge in [0.1, 0.15) is 56.2 Å². The Hall–Kier alpha value is -9.80. The average molecular weight is 1410 g/mol. The number of ketones is 5. The Kier molecular flexibility index (Phi) is 27.7. The SMILES string of the molecule is CC(=O)C(Br)C(=O)c1ccc(Oc2ccccc2)cc1.CC(=O)C(OC(=O)C1CCN(C(=O)OC(C)(C)C)CC1)C(=O)c1ccc(Oc2ccccc2)cc1.CC(=O)c1oc(C2CCNCC2)nc1-c1ccc(Oc2ccccc2)cc1.CC(C)(C)OC(=O)N1CCC(C(=O)O)CC1. The van der Waals surface area contributed by atoms with Gasteiger partial charge in [-0.25, -0.2) is 14.6 Å². The number of oxazole rings is 1. The highest BCUT2D eigenvalue weighted by atomic mass is 79.9. The Bertz CT molecular complexity index is 3790. The number of aromatic nitrogens is 1. The average Bonchev–Trinajstić information content (AvgIpc) is 1.63. The third kappa shape index (κ3) is 23.8. The molecule has 6 aromatic carbocycles. The van der Waals surface area contributed by atoms with Crippen LogP contribution in [0, 0.1) is 11.8 Å². The number of carbonyl (C=O) groups is 9. The van der Waals surface area contributed by atoms with Crippen LogP contribution in [0.5, 0.6) is 34.5 Å². The van der Waals surface area contributed by atoms with E-state index in [0.29, 0.717) is 92.0 Å². The van der Waals surface area contributed by atoms with Gasteiger partial charge in [0, 0.05) is 55.7 Å². The Balaban J connectivity index is 0.000000192. The van der Waals surface area contributed by atoms with E-state index >= 15 is 0 Å². The van der Waals surface area contributed by atoms with Crippen LogP contribution in [0.2, 0.25) is 0 Å². The molecule has 518 valence electrons. The highest BCUT2D eigenvalue weighted by Crippen LogP contribution is 2.34. The molecule has 4 heterocycles. The number of hydrogen-bond donors (Lipinski definition) is 2. The van der Waals surface area contributed by atoms with E-state index < -0.39 is 57.6 Å². The molecule has 21 nitrogen and oxygen atoms in total. The zero-order valence-electron chi connectivity index (χ0n) is 56.7. The first-order chi connectivity index (χ1) is 46.6. The number of alkyl halides is 1. The zero-order valence-corrected chi connectivity index (χ0v) is 58.2. The molecule has 2 atom stereocenters. The number of hydrogen-bond acceptors (Lipinski definition) is 18. The van der Waals surface area contributed by atoms with Gasteiger partial charge in [-0.05, 0) is 216 Å². The summed E-state index contributed by atoms with van der Waals surface area (Å²) in [5.41, 5.74) is 1.07. The third-order valence-corrected chi connectivity index (χ3v) is 16.5. The quantitative estimate of drug-likeness (QED) is 0.0266. The minimum absolute atomic E-state index is 0.109. The number of esters is 1. The van der Waals surface area contributed by atoms with Gasteiger partial charge in [0.05, 0.1) is 11.8 Å². The van der Waals surface area contributed by atoms with Crippen molar-refractivity contribution in [2.75, 3.05) is 39.3 Å². The van der Waals surface area contributed by atoms with Gasteiger partial charge in [-0.3, -0.25) is 33.6 Å². The van der Waals surface area contributed by atoms with E-state index in [1.807, 2.05) is 136 Å². The van der Waals surface area contributed by atoms with Gasteiger partial charge in [0.15, 0.2) is 34.8 Å². The van der Waals surface area contributed by atoms with Crippen LogP contribution in [0.25, 0.3) is 11.3 Å². The van der Waals surface area contributed by atoms with Crippen LogP contribution in [0.3, 0.4) is 0 Å². The fourth-order valence-electron chi connectivity index (χ4n) is 10.2. The molecule has 1 aromatic heterocycles. The van der Waals surface area contributed by atoms with Crippen molar-refractivity contribution in [1.29, 1.82) is 0 Å². The number of likely N-dealkylation sites (tertiary alicyclic amines) is 2. The number of carboxylic acid groups (broad SMARTS) is 1. The summed E-state index contributed by atoms with van der Waals surface area (Å²) in [6.45, 7) is 18.4. The lowest BCUT2D eigenvalue weighted by Crippen LogP contribution is -2.44. The number of Topliss-reactive ketones (excluding diaryl/α,β-unsaturated/α-hetero) is 5. The first kappa shape index (κ1) is 75.6. The molecule has 22 heteroatoms. The lowest BCUT2D eigenvalue weighted by Gasteiger charge is -2.32. The van der Waals surface area contributed by atoms with Crippen molar-refractivity contribution in [2.45, 2.75) is 129 Å². The number of para-hydroxylation sites is 3. The second kappa shape index (κ2) is 36.0. The largest absolute Gasteiger partial charge is 0.481 e. The van der Waals surface area contributed by atoms with E-state index in [1.165, 1.54) is 32.9 Å². The first-order valence-electron chi connectivity index (χ1n) is 32.5. The molecule has 0 radical (unpaired) electrons. The number of nitrogens with zero attached hydrogens (tertiary/aromatic N) is 3. The molecule has 0 aliphatic carbocycles. The number of aliphatic carboxylic acids is 1. The number of carboxylic acids is 1. The number of rotatable bonds is 18. The van der Waals surface area contributed by atoms with Crippen molar-refractivity contribution in [3.8, 4) is 45.8 Å². The number of ether oxygens (including phenoxy) is 6. The lowest BCUT2D eigenvalue weighted by molar-refractivity contribution is -0.157. The number of amides is 2. The van der Waals surface area contributed by atoms with Crippen LogP contribution in [-0.4, -0.2) is 134 Å². The number of benzene rings is 6. The maximum atomic E-state index is 12.9. The zero-order chi connectivity index (χ0) is 71.1. The number of halogens is 1. The second-order valence-electron chi connectivity index (χ2n) is 25.6. The molecule has 2 N–H and O–H groups in total. The molecule has 0 saturated carbocycles. The fourth-order valence-corrected chi connectivity index (χ4v) is 10.5. The maximum absolute atomic E-state index is 12.9. The summed E-state index contributed by atoms with van der Waals surface area (Å²) in [6, 6.07) is 48.8. The summed E-state index contributed by atoms with van der Waals surface area (Å²) in [5.74, 6) is 1.39. The van der Waals surface area contributed by atoms with Crippen molar-refractivity contribution >= 4 is 69.0 Å². The van der Waals surface area contributed by atoms with E-state index in [2.05, 4.69) is 26.2 Å². The topological polar surface area (TPSA) is 274 Å². The van der Waals surface area contributed by atoms with Gasteiger partial charge >= 0.3 is 24.1 Å². The summed E-state index contributed by atoms with van der Waals surface area (Å²) in [7, 11) is 0. The van der Waals surface area contributed by atoms with Crippen molar-refractivity contribution in [2.24, 2.45) is 11.8 Å². The van der Waals surface area contributed by atoms with Crippen molar-refractivity contribution in [3.63, 3.8) is 0 Å². The smallest absolute Gasteiger partial charge is 0.410 e. The Morgan fingerprint density at radius 3 is 1.26 bits per heavy atom. The summed E-state index contributed by atoms with van der Waals surface area (Å²) in [6.07, 6.45) is 1.39. The molecule has 0 spiro atoms. The molecule has 3 aliphatic rings. The molecule has 2 unspecified atom stereocenters. The minimum atomic E-state index is -1.52. The first-order valence-corrected chi connectivity index (χ1v) is 33.4. The normalized spacial score (nSPS) is 14.9. The molecular weight excluding hydrogens is 1320 g/mol. The standard InChI is InChI=1S/C27H31NO7.C22H22N2O3.C16H13BrO3.C11H19NO4/c1-18(29)24(23(30)19-10-12-22(13-11-19)33-21-8-6-5-7-9-21)34-25(31)20-14-16-28(17-15-20)26(32)35-27(2,3)4;1-15(25)21-20(24-22(27-21)17-11-13-23-14-12-17)16-7-9-19(10-8-16)26-18-5-3-2-4-6-18;1-11(18)15(17)16(19)12-7-9-14(10-8-12)20-13-5-3-2-4-6-13;1-11(2,3)16-10(15)12-6-4-8(5-7-12)9(13)14/h5-13,20,24H,14-17H2,1-4H3;2-10,17,23H,11-14H2,1H3;2-10,15H,1H3;8H,4-7H2,1-3H3,(H,13,14). The predicted molar refractivity (Wildman–Crippen MR) is 371 cm³/mol. The molecule has 3 saturated heterocycles. The van der Waals surface area contributed by atoms with E-state index in [4.69, 9.17) is 37.9 Å². The van der Waals surface area contributed by atoms with Crippen LogP contribution in [0.4, 0.5) is 9.59 Å². The van der Waals surface area contributed by atoms with E-state index in [0.717, 1.165) is 48.7 Å². The van der Waals surface area contributed by atoms with E-state index in [-0.39, 0.29) is 40.8 Å². The molecule has 7 aromatic rings. The van der Waals surface area contributed by atoms with Crippen molar-refractivity contribution in [3.05, 3.63) is 187 Å². The molecule has 2 amide bonds. The van der Waals surface area contributed by atoms with E-state index in [9.17, 15) is 43.2 Å². The summed E-state index contributed by atoms with van der Waals surface area (Å²) in [4.78, 5) is 115. The molecule has 98 heavy (non-hydrogen) atoms. The van der Waals surface area contributed by atoms with Gasteiger partial charge in [0.2, 0.25) is 11.9 Å². The maximum Gasteiger partial charge on any atom is 0.410 e. The highest BCUT2D eigenvalue weighted by molar-refractivity contribution is 9.10. The third-order valence-electron chi connectivity index (χ3n) is 15.4. The Labute approximate surface area is 579 Å². The molecule has 10 rings (SSSR count). The molecular formula is C76H85BrN4O17. The second-order valence-corrected chi connectivity index (χ2v) is 26.5. The molecule has 3 aliphatic heterocycles. The number of nitrogens with one attached hydrogen (secondary N) is 1. The van der Waals surface area contributed by atoms with Gasteiger partial charge in [0.25, 0.3) is 0 Å². The Morgan fingerprint density at radius 1 is 0.510 bits per heavy atom. The Morgan fingerprint density at radius 2 is 0.888 bits per heavy atom.